The standard InChI is InChI=1S/C28H36O7/c1-15(29)33-20-13-18-24(2,3)19(30)8-10-25(18,4)17-7-11-26(5)21(16-9-12-32-14-16)34-23(31)22-28(26,35-22)27(17,20)6/h9,12,14,17-18,20-22H,7-8,10-11,13H2,1-6H3/t17?,18?,20-,21-,22?,25-,26+,27+,28?/m1/s1. The molecule has 3 aliphatic carbocycles. The summed E-state index contributed by atoms with van der Waals surface area (Å²) in [6.07, 6.45) is 5.22. The van der Waals surface area contributed by atoms with E-state index < -0.39 is 40.2 Å². The Bertz CT molecular complexity index is 1110. The van der Waals surface area contributed by atoms with Gasteiger partial charge in [-0.25, -0.2) is 4.79 Å². The summed E-state index contributed by atoms with van der Waals surface area (Å²) >= 11 is 0. The van der Waals surface area contributed by atoms with Crippen LogP contribution < -0.4 is 0 Å². The van der Waals surface area contributed by atoms with Gasteiger partial charge in [0.1, 0.15) is 23.6 Å². The van der Waals surface area contributed by atoms with Gasteiger partial charge in [0.05, 0.1) is 12.5 Å². The van der Waals surface area contributed by atoms with Gasteiger partial charge in [-0.15, -0.1) is 0 Å². The first-order valence-electron chi connectivity index (χ1n) is 12.9. The minimum absolute atomic E-state index is 0.0804. The molecule has 6 rings (SSSR count). The number of cyclic esters (lactones) is 1. The molecular formula is C28H36O7. The Hall–Kier alpha value is -2.15. The second-order valence-corrected chi connectivity index (χ2v) is 12.9. The normalized spacial score (nSPS) is 49.6. The molecule has 0 radical (unpaired) electrons. The largest absolute Gasteiger partial charge is 0.472 e. The Morgan fingerprint density at radius 3 is 2.46 bits per heavy atom. The number of Topliss-reactive ketones (excluding diaryl/α,β-unsaturated/α-hetero) is 1. The van der Waals surface area contributed by atoms with Crippen molar-refractivity contribution in [1.29, 1.82) is 0 Å². The smallest absolute Gasteiger partial charge is 0.339 e. The van der Waals surface area contributed by atoms with Crippen LogP contribution in [-0.2, 0) is 28.6 Å². The van der Waals surface area contributed by atoms with E-state index in [-0.39, 0.29) is 35.0 Å². The fourth-order valence-electron chi connectivity index (χ4n) is 9.69. The summed E-state index contributed by atoms with van der Waals surface area (Å²) in [5, 5.41) is 0. The SMILES string of the molecule is CC(=O)O[C@@H]1CC2C(C)(C)C(=O)CC[C@]2(C)C2CC[C@@]3(C)[C@@H](c4ccoc4)OC(=O)C4OC43[C@@]21C. The number of ketones is 1. The predicted molar refractivity (Wildman–Crippen MR) is 124 cm³/mol. The maximum absolute atomic E-state index is 13.3. The van der Waals surface area contributed by atoms with Gasteiger partial charge in [-0.2, -0.15) is 0 Å². The number of ether oxygens (including phenoxy) is 3. The van der Waals surface area contributed by atoms with Gasteiger partial charge in [0.25, 0.3) is 0 Å². The van der Waals surface area contributed by atoms with Gasteiger partial charge < -0.3 is 18.6 Å². The number of hydrogen-bond acceptors (Lipinski definition) is 7. The third-order valence-corrected chi connectivity index (χ3v) is 11.3. The van der Waals surface area contributed by atoms with Gasteiger partial charge in [-0.05, 0) is 49.0 Å². The average Bonchev–Trinajstić information content (AvgIpc) is 3.35. The van der Waals surface area contributed by atoms with Crippen LogP contribution in [0.3, 0.4) is 0 Å². The molecule has 3 saturated carbocycles. The van der Waals surface area contributed by atoms with E-state index in [1.54, 1.807) is 12.5 Å². The number of carbonyl (C=O) groups is 3. The maximum Gasteiger partial charge on any atom is 0.339 e. The van der Waals surface area contributed by atoms with Gasteiger partial charge >= 0.3 is 11.9 Å². The maximum atomic E-state index is 13.3. The van der Waals surface area contributed by atoms with Crippen molar-refractivity contribution in [3.8, 4) is 0 Å². The van der Waals surface area contributed by atoms with E-state index in [4.69, 9.17) is 18.6 Å². The highest BCUT2D eigenvalue weighted by Gasteiger charge is 2.88. The van der Waals surface area contributed by atoms with Crippen molar-refractivity contribution in [3.63, 3.8) is 0 Å². The van der Waals surface area contributed by atoms with E-state index in [1.165, 1.54) is 6.92 Å². The van der Waals surface area contributed by atoms with E-state index >= 15 is 0 Å². The predicted octanol–water partition coefficient (Wildman–Crippen LogP) is 4.78. The number of fused-ring (bicyclic) bond motifs is 3. The summed E-state index contributed by atoms with van der Waals surface area (Å²) in [5.74, 6) is -0.213. The molecule has 2 saturated heterocycles. The number of esters is 2. The lowest BCUT2D eigenvalue weighted by Gasteiger charge is -2.69. The molecule has 9 atom stereocenters. The van der Waals surface area contributed by atoms with Crippen LogP contribution in [0, 0.1) is 33.5 Å². The van der Waals surface area contributed by atoms with Gasteiger partial charge in [0.2, 0.25) is 0 Å². The first-order valence-corrected chi connectivity index (χ1v) is 12.9. The van der Waals surface area contributed by atoms with Gasteiger partial charge in [0, 0.05) is 35.2 Å². The van der Waals surface area contributed by atoms with Crippen molar-refractivity contribution in [2.24, 2.45) is 33.5 Å². The fraction of sp³-hybridized carbons (Fsp3) is 0.750. The lowest BCUT2D eigenvalue weighted by molar-refractivity contribution is -0.263. The number of hydrogen-bond donors (Lipinski definition) is 0. The third kappa shape index (κ3) is 2.53. The first kappa shape index (κ1) is 23.3. The topological polar surface area (TPSA) is 95.3 Å². The van der Waals surface area contributed by atoms with Crippen LogP contribution in [0.25, 0.3) is 0 Å². The number of furan rings is 1. The molecule has 4 unspecified atom stereocenters. The highest BCUT2D eigenvalue weighted by Crippen LogP contribution is 2.80. The van der Waals surface area contributed by atoms with Gasteiger partial charge in [-0.3, -0.25) is 9.59 Å². The second kappa shape index (κ2) is 6.78. The minimum atomic E-state index is -0.820. The third-order valence-electron chi connectivity index (χ3n) is 11.3. The van der Waals surface area contributed by atoms with Crippen molar-refractivity contribution in [3.05, 3.63) is 24.2 Å². The zero-order chi connectivity index (χ0) is 25.2. The lowest BCUT2D eigenvalue weighted by Crippen LogP contribution is -2.73. The molecule has 5 fully saturated rings. The minimum Gasteiger partial charge on any atom is -0.472 e. The molecule has 2 aliphatic heterocycles. The summed E-state index contributed by atoms with van der Waals surface area (Å²) in [7, 11) is 0. The summed E-state index contributed by atoms with van der Waals surface area (Å²) in [4.78, 5) is 38.7. The Morgan fingerprint density at radius 2 is 1.80 bits per heavy atom. The van der Waals surface area contributed by atoms with Crippen LogP contribution in [0.1, 0.15) is 85.3 Å². The van der Waals surface area contributed by atoms with Crippen LogP contribution in [0.5, 0.6) is 0 Å². The van der Waals surface area contributed by atoms with Crippen molar-refractivity contribution < 1.29 is 33.0 Å². The van der Waals surface area contributed by atoms with E-state index in [9.17, 15) is 14.4 Å². The van der Waals surface area contributed by atoms with Crippen LogP contribution in [0.4, 0.5) is 0 Å². The van der Waals surface area contributed by atoms with E-state index in [2.05, 4.69) is 34.6 Å². The molecule has 0 bridgehead atoms. The molecule has 3 heterocycles. The molecule has 35 heavy (non-hydrogen) atoms. The van der Waals surface area contributed by atoms with Crippen molar-refractivity contribution in [2.45, 2.75) is 97.6 Å². The van der Waals surface area contributed by atoms with Crippen LogP contribution in [0.2, 0.25) is 0 Å². The van der Waals surface area contributed by atoms with E-state index in [0.29, 0.717) is 12.8 Å². The average molecular weight is 485 g/mol. The molecule has 0 amide bonds. The van der Waals surface area contributed by atoms with E-state index in [1.807, 2.05) is 6.07 Å². The first-order chi connectivity index (χ1) is 16.3. The lowest BCUT2D eigenvalue weighted by atomic mass is 9.35. The molecule has 1 aromatic heterocycles. The van der Waals surface area contributed by atoms with Crippen LogP contribution >= 0.6 is 0 Å². The summed E-state index contributed by atoms with van der Waals surface area (Å²) in [6, 6.07) is 1.85. The fourth-order valence-corrected chi connectivity index (χ4v) is 9.69. The van der Waals surface area contributed by atoms with Gasteiger partial charge in [0.15, 0.2) is 6.10 Å². The quantitative estimate of drug-likeness (QED) is 0.440. The molecule has 5 aliphatic rings. The van der Waals surface area contributed by atoms with E-state index in [0.717, 1.165) is 24.8 Å². The second-order valence-electron chi connectivity index (χ2n) is 12.9. The molecule has 0 aromatic carbocycles. The monoisotopic (exact) mass is 484 g/mol. The molecule has 7 nitrogen and oxygen atoms in total. The molecular weight excluding hydrogens is 448 g/mol. The Morgan fingerprint density at radius 1 is 1.06 bits per heavy atom. The van der Waals surface area contributed by atoms with Crippen LogP contribution in [0.15, 0.2) is 23.0 Å². The van der Waals surface area contributed by atoms with Crippen molar-refractivity contribution >= 4 is 17.7 Å². The number of epoxide rings is 1. The summed E-state index contributed by atoms with van der Waals surface area (Å²) in [6.45, 7) is 12.2. The molecule has 0 N–H and O–H groups in total. The Labute approximate surface area is 206 Å². The molecule has 190 valence electrons. The van der Waals surface area contributed by atoms with Crippen molar-refractivity contribution in [2.75, 3.05) is 0 Å². The van der Waals surface area contributed by atoms with Crippen LogP contribution in [-0.4, -0.2) is 35.5 Å². The zero-order valence-electron chi connectivity index (χ0n) is 21.5. The Kier molecular flexibility index (Phi) is 4.51. The Balaban J connectivity index is 1.53. The summed E-state index contributed by atoms with van der Waals surface area (Å²) < 4.78 is 24.0. The molecule has 1 spiro atoms. The number of rotatable bonds is 2. The van der Waals surface area contributed by atoms with Gasteiger partial charge in [-0.1, -0.05) is 34.6 Å². The zero-order valence-corrected chi connectivity index (χ0v) is 21.5. The highest BCUT2D eigenvalue weighted by atomic mass is 16.7. The molecule has 1 aromatic rings. The van der Waals surface area contributed by atoms with Crippen molar-refractivity contribution in [1.82, 2.24) is 0 Å². The molecule has 7 heteroatoms. The number of carbonyl (C=O) groups excluding carboxylic acids is 3. The summed E-state index contributed by atoms with van der Waals surface area (Å²) in [5.41, 5.74) is -1.76. The highest BCUT2D eigenvalue weighted by molar-refractivity contribution is 5.86.